The first kappa shape index (κ1) is 22.6. The highest BCUT2D eigenvalue weighted by Crippen LogP contribution is 2.19. The van der Waals surface area contributed by atoms with Gasteiger partial charge in [0, 0.05) is 12.1 Å². The Hall–Kier alpha value is -3.60. The molecule has 0 saturated carbocycles. The normalized spacial score (nSPS) is 11.0. The minimum atomic E-state index is -0.0875. The quantitative estimate of drug-likeness (QED) is 0.337. The van der Waals surface area contributed by atoms with Crippen molar-refractivity contribution in [2.45, 2.75) is 46.7 Å². The smallest absolute Gasteiger partial charge is 0.251 e. The molecule has 0 bridgehead atoms. The van der Waals surface area contributed by atoms with Crippen molar-refractivity contribution < 1.29 is 9.53 Å². The largest absolute Gasteiger partial charge is 0.494 e. The highest BCUT2D eigenvalue weighted by atomic mass is 16.5. The molecule has 0 aliphatic rings. The fourth-order valence-electron chi connectivity index (χ4n) is 4.05. The minimum absolute atomic E-state index is 0.0875. The van der Waals surface area contributed by atoms with E-state index >= 15 is 0 Å². The van der Waals surface area contributed by atoms with Crippen LogP contribution in [0.1, 0.15) is 45.7 Å². The van der Waals surface area contributed by atoms with E-state index in [4.69, 9.17) is 9.72 Å². The Morgan fingerprint density at radius 3 is 2.39 bits per heavy atom. The van der Waals surface area contributed by atoms with Crippen molar-refractivity contribution in [3.05, 3.63) is 94.8 Å². The average Bonchev–Trinajstić information content (AvgIpc) is 3.14. The Bertz CT molecular complexity index is 1220. The molecule has 5 heteroatoms. The van der Waals surface area contributed by atoms with Crippen LogP contribution in [0.3, 0.4) is 0 Å². The number of ether oxygens (including phenoxy) is 1. The molecular formula is C28H31N3O2. The van der Waals surface area contributed by atoms with Gasteiger partial charge in [0.2, 0.25) is 0 Å². The van der Waals surface area contributed by atoms with Crippen molar-refractivity contribution in [3.8, 4) is 5.75 Å². The molecule has 0 unspecified atom stereocenters. The molecule has 0 fully saturated rings. The summed E-state index contributed by atoms with van der Waals surface area (Å²) in [6, 6.07) is 22.0. The van der Waals surface area contributed by atoms with E-state index in [2.05, 4.69) is 48.0 Å². The van der Waals surface area contributed by atoms with E-state index < -0.39 is 0 Å². The number of para-hydroxylation sites is 2. The topological polar surface area (TPSA) is 56.2 Å². The molecular weight excluding hydrogens is 410 g/mol. The van der Waals surface area contributed by atoms with E-state index in [1.807, 2.05) is 49.4 Å². The maximum atomic E-state index is 12.6. The number of hydrogen-bond acceptors (Lipinski definition) is 3. The lowest BCUT2D eigenvalue weighted by atomic mass is 10.1. The van der Waals surface area contributed by atoms with Gasteiger partial charge in [0.25, 0.3) is 5.91 Å². The number of benzene rings is 3. The molecule has 1 heterocycles. The predicted octanol–water partition coefficient (Wildman–Crippen LogP) is 5.75. The lowest BCUT2D eigenvalue weighted by Gasteiger charge is -2.11. The number of aromatic nitrogens is 2. The third-order valence-electron chi connectivity index (χ3n) is 5.69. The highest BCUT2D eigenvalue weighted by Gasteiger charge is 2.12. The number of rotatable bonds is 9. The Kier molecular flexibility index (Phi) is 7.08. The van der Waals surface area contributed by atoms with Crippen LogP contribution in [-0.4, -0.2) is 22.1 Å². The first-order valence-corrected chi connectivity index (χ1v) is 11.5. The predicted molar refractivity (Wildman–Crippen MR) is 133 cm³/mol. The molecule has 0 atom stereocenters. The molecule has 3 aromatic carbocycles. The molecule has 4 aromatic rings. The molecule has 1 amide bonds. The van der Waals surface area contributed by atoms with Crippen molar-refractivity contribution in [1.29, 1.82) is 0 Å². The third-order valence-corrected chi connectivity index (χ3v) is 5.69. The van der Waals surface area contributed by atoms with Gasteiger partial charge in [-0.3, -0.25) is 4.79 Å². The monoisotopic (exact) mass is 441 g/mol. The summed E-state index contributed by atoms with van der Waals surface area (Å²) in [6.07, 6.45) is 1.90. The number of amides is 1. The summed E-state index contributed by atoms with van der Waals surface area (Å²) < 4.78 is 8.17. The maximum Gasteiger partial charge on any atom is 0.251 e. The van der Waals surface area contributed by atoms with Crippen molar-refractivity contribution in [1.82, 2.24) is 14.9 Å². The molecule has 4 rings (SSSR count). The Labute approximate surface area is 195 Å². The van der Waals surface area contributed by atoms with Gasteiger partial charge in [0.15, 0.2) is 0 Å². The molecule has 0 radical (unpaired) electrons. The summed E-state index contributed by atoms with van der Waals surface area (Å²) in [7, 11) is 0. The second-order valence-corrected chi connectivity index (χ2v) is 8.60. The minimum Gasteiger partial charge on any atom is -0.494 e. The van der Waals surface area contributed by atoms with Crippen LogP contribution in [0, 0.1) is 20.8 Å². The molecule has 1 aromatic heterocycles. The van der Waals surface area contributed by atoms with Gasteiger partial charge in [0.05, 0.1) is 24.2 Å². The van der Waals surface area contributed by atoms with Crippen molar-refractivity contribution in [3.63, 3.8) is 0 Å². The highest BCUT2D eigenvalue weighted by molar-refractivity contribution is 5.94. The Morgan fingerprint density at radius 1 is 0.909 bits per heavy atom. The number of nitrogens with zero attached hydrogens (tertiary/aromatic N) is 2. The maximum absolute atomic E-state index is 12.6. The van der Waals surface area contributed by atoms with E-state index in [0.717, 1.165) is 47.6 Å². The molecule has 0 saturated heterocycles. The van der Waals surface area contributed by atoms with Gasteiger partial charge >= 0.3 is 0 Å². The van der Waals surface area contributed by atoms with Crippen LogP contribution in [0.25, 0.3) is 11.0 Å². The SMILES string of the molecule is Cc1ccc(C(=O)NCc2nc3ccccc3n2CCCCOc2cc(C)cc(C)c2)cc1. The first-order chi connectivity index (χ1) is 16.0. The molecule has 0 aliphatic heterocycles. The first-order valence-electron chi connectivity index (χ1n) is 11.5. The number of nitrogens with one attached hydrogen (secondary N) is 1. The van der Waals surface area contributed by atoms with Crippen LogP contribution in [0.4, 0.5) is 0 Å². The van der Waals surface area contributed by atoms with Gasteiger partial charge in [-0.05, 0) is 81.1 Å². The summed E-state index contributed by atoms with van der Waals surface area (Å²) in [5.74, 6) is 1.71. The fourth-order valence-corrected chi connectivity index (χ4v) is 4.05. The average molecular weight is 442 g/mol. The lowest BCUT2D eigenvalue weighted by Crippen LogP contribution is -2.24. The van der Waals surface area contributed by atoms with Gasteiger partial charge in [-0.1, -0.05) is 35.9 Å². The zero-order valence-electron chi connectivity index (χ0n) is 19.6. The summed E-state index contributed by atoms with van der Waals surface area (Å²) in [4.78, 5) is 17.3. The summed E-state index contributed by atoms with van der Waals surface area (Å²) in [6.45, 7) is 8.07. The van der Waals surface area contributed by atoms with Crippen LogP contribution in [-0.2, 0) is 13.1 Å². The molecule has 0 aliphatic carbocycles. The van der Waals surface area contributed by atoms with Gasteiger partial charge in [-0.25, -0.2) is 4.98 Å². The zero-order valence-corrected chi connectivity index (χ0v) is 19.6. The second-order valence-electron chi connectivity index (χ2n) is 8.60. The van der Waals surface area contributed by atoms with Crippen molar-refractivity contribution in [2.24, 2.45) is 0 Å². The lowest BCUT2D eigenvalue weighted by molar-refractivity contribution is 0.0949. The zero-order chi connectivity index (χ0) is 23.2. The van der Waals surface area contributed by atoms with Gasteiger partial charge in [0.1, 0.15) is 11.6 Å². The molecule has 170 valence electrons. The Balaban J connectivity index is 1.37. The third kappa shape index (κ3) is 5.80. The van der Waals surface area contributed by atoms with Crippen LogP contribution in [0.15, 0.2) is 66.7 Å². The van der Waals surface area contributed by atoms with Crippen LogP contribution in [0.5, 0.6) is 5.75 Å². The number of carbonyl (C=O) groups is 1. The van der Waals surface area contributed by atoms with Crippen LogP contribution < -0.4 is 10.1 Å². The molecule has 0 spiro atoms. The number of fused-ring (bicyclic) bond motifs is 1. The van der Waals surface area contributed by atoms with E-state index in [0.29, 0.717) is 18.7 Å². The van der Waals surface area contributed by atoms with Gasteiger partial charge in [-0.2, -0.15) is 0 Å². The summed E-state index contributed by atoms with van der Waals surface area (Å²) in [5, 5.41) is 3.02. The van der Waals surface area contributed by atoms with Gasteiger partial charge < -0.3 is 14.6 Å². The van der Waals surface area contributed by atoms with E-state index in [-0.39, 0.29) is 5.91 Å². The number of imidazole rings is 1. The van der Waals surface area contributed by atoms with E-state index in [1.54, 1.807) is 0 Å². The number of aryl methyl sites for hydroxylation is 4. The second kappa shape index (κ2) is 10.3. The molecule has 1 N–H and O–H groups in total. The number of hydrogen-bond donors (Lipinski definition) is 1. The summed E-state index contributed by atoms with van der Waals surface area (Å²) in [5.41, 5.74) is 6.26. The van der Waals surface area contributed by atoms with Crippen LogP contribution in [0.2, 0.25) is 0 Å². The molecule has 5 nitrogen and oxygen atoms in total. The van der Waals surface area contributed by atoms with Crippen LogP contribution >= 0.6 is 0 Å². The fraction of sp³-hybridized carbons (Fsp3) is 0.286. The van der Waals surface area contributed by atoms with Crippen molar-refractivity contribution >= 4 is 16.9 Å². The molecule has 33 heavy (non-hydrogen) atoms. The Morgan fingerprint density at radius 2 is 1.64 bits per heavy atom. The standard InChI is InChI=1S/C28H31N3O2/c1-20-10-12-23(13-11-20)28(32)29-19-27-30-25-8-4-5-9-26(25)31(27)14-6-7-15-33-24-17-21(2)16-22(3)18-24/h4-5,8-13,16-18H,6-7,14-15,19H2,1-3H3,(H,29,32). The number of unbranched alkanes of at least 4 members (excludes halogenated alkanes) is 1. The van der Waals surface area contributed by atoms with E-state index in [9.17, 15) is 4.79 Å². The van der Waals surface area contributed by atoms with Crippen molar-refractivity contribution in [2.75, 3.05) is 6.61 Å². The summed E-state index contributed by atoms with van der Waals surface area (Å²) >= 11 is 0. The number of carbonyl (C=O) groups excluding carboxylic acids is 1. The van der Waals surface area contributed by atoms with E-state index in [1.165, 1.54) is 11.1 Å². The van der Waals surface area contributed by atoms with Gasteiger partial charge in [-0.15, -0.1) is 0 Å².